The van der Waals surface area contributed by atoms with E-state index < -0.39 is 19.0 Å². The standard InChI is InChI=1S/C2HCl3O3S/c3-1(4)2(6)9(5,7)8/h1H. The minimum absolute atomic E-state index is 1.40. The maximum absolute atomic E-state index is 10.2. The number of carbonyl (C=O) groups excluding carboxylic acids is 1. The van der Waals surface area contributed by atoms with E-state index in [9.17, 15) is 13.2 Å². The lowest BCUT2D eigenvalue weighted by Gasteiger charge is -1.91. The van der Waals surface area contributed by atoms with Gasteiger partial charge >= 0.3 is 0 Å². The van der Waals surface area contributed by atoms with E-state index in [1.807, 2.05) is 0 Å². The summed E-state index contributed by atoms with van der Waals surface area (Å²) in [4.78, 5) is 8.58. The molecule has 0 amide bonds. The Balaban J connectivity index is 4.45. The zero-order valence-electron chi connectivity index (χ0n) is 3.84. The maximum Gasteiger partial charge on any atom is 0.297 e. The third kappa shape index (κ3) is 3.25. The van der Waals surface area contributed by atoms with Gasteiger partial charge in [-0.15, -0.1) is 0 Å². The molecule has 0 spiro atoms. The van der Waals surface area contributed by atoms with Gasteiger partial charge in [0.25, 0.3) is 14.2 Å². The summed E-state index contributed by atoms with van der Waals surface area (Å²) in [6.07, 6.45) is 0. The van der Waals surface area contributed by atoms with Crippen molar-refractivity contribution in [1.82, 2.24) is 0 Å². The summed E-state index contributed by atoms with van der Waals surface area (Å²) in [7, 11) is 0.300. The van der Waals surface area contributed by atoms with Gasteiger partial charge in [-0.05, 0) is 0 Å². The second kappa shape index (κ2) is 3.05. The molecule has 0 N–H and O–H groups in total. The van der Waals surface area contributed by atoms with E-state index >= 15 is 0 Å². The number of hydrogen-bond donors (Lipinski definition) is 0. The van der Waals surface area contributed by atoms with Crippen molar-refractivity contribution >= 4 is 48.1 Å². The molecular formula is C2HCl3O3S. The highest BCUT2D eigenvalue weighted by molar-refractivity contribution is 8.25. The molecular weight excluding hydrogens is 210 g/mol. The van der Waals surface area contributed by atoms with Crippen molar-refractivity contribution in [1.29, 1.82) is 0 Å². The van der Waals surface area contributed by atoms with Gasteiger partial charge in [0.1, 0.15) is 0 Å². The maximum atomic E-state index is 10.2. The van der Waals surface area contributed by atoms with Crippen LogP contribution < -0.4 is 0 Å². The second-order valence-electron chi connectivity index (χ2n) is 1.06. The number of halogens is 3. The fourth-order valence-electron chi connectivity index (χ4n) is 0.106. The van der Waals surface area contributed by atoms with Gasteiger partial charge in [0, 0.05) is 10.7 Å². The van der Waals surface area contributed by atoms with Crippen LogP contribution in [0.3, 0.4) is 0 Å². The van der Waals surface area contributed by atoms with E-state index in [4.69, 9.17) is 23.2 Å². The lowest BCUT2D eigenvalue weighted by Crippen LogP contribution is -2.14. The topological polar surface area (TPSA) is 51.2 Å². The summed E-state index contributed by atoms with van der Waals surface area (Å²) < 4.78 is 20.0. The largest absolute Gasteiger partial charge is 0.297 e. The normalized spacial score (nSPS) is 12.0. The molecule has 0 radical (unpaired) electrons. The van der Waals surface area contributed by atoms with Crippen LogP contribution in [0.2, 0.25) is 0 Å². The Hall–Kier alpha value is 0.490. The Morgan fingerprint density at radius 2 is 1.67 bits per heavy atom. The molecule has 0 unspecified atom stereocenters. The van der Waals surface area contributed by atoms with Crippen LogP contribution >= 0.6 is 33.9 Å². The van der Waals surface area contributed by atoms with Crippen molar-refractivity contribution in [2.24, 2.45) is 0 Å². The Morgan fingerprint density at radius 1 is 1.33 bits per heavy atom. The fraction of sp³-hybridized carbons (Fsp3) is 0.500. The fourth-order valence-corrected chi connectivity index (χ4v) is 1.56. The van der Waals surface area contributed by atoms with Crippen LogP contribution in [0.25, 0.3) is 0 Å². The van der Waals surface area contributed by atoms with Gasteiger partial charge in [-0.1, -0.05) is 23.2 Å². The summed E-state index contributed by atoms with van der Waals surface area (Å²) in [5, 5.41) is -1.40. The Bertz CT molecular complexity index is 205. The smallest absolute Gasteiger partial charge is 0.277 e. The van der Waals surface area contributed by atoms with Crippen LogP contribution in [0.4, 0.5) is 0 Å². The molecule has 0 heterocycles. The van der Waals surface area contributed by atoms with Crippen LogP contribution in [0.5, 0.6) is 0 Å². The monoisotopic (exact) mass is 210 g/mol. The summed E-state index contributed by atoms with van der Waals surface area (Å²) in [6, 6.07) is 0. The average molecular weight is 211 g/mol. The quantitative estimate of drug-likeness (QED) is 0.478. The van der Waals surface area contributed by atoms with Crippen molar-refractivity contribution in [2.45, 2.75) is 4.84 Å². The van der Waals surface area contributed by atoms with Crippen molar-refractivity contribution in [3.8, 4) is 0 Å². The molecule has 0 bridgehead atoms. The summed E-state index contributed by atoms with van der Waals surface area (Å²) >= 11 is 9.73. The first-order chi connectivity index (χ1) is 3.85. The molecule has 9 heavy (non-hydrogen) atoms. The molecule has 0 aliphatic heterocycles. The average Bonchev–Trinajstić information content (AvgIpc) is 1.62. The first-order valence-electron chi connectivity index (χ1n) is 1.62. The van der Waals surface area contributed by atoms with E-state index in [0.717, 1.165) is 0 Å². The number of rotatable bonds is 1. The SMILES string of the molecule is O=C(C(Cl)Cl)S(=O)(=O)Cl. The van der Waals surface area contributed by atoms with Crippen LogP contribution in [-0.2, 0) is 13.8 Å². The van der Waals surface area contributed by atoms with Crippen molar-refractivity contribution < 1.29 is 13.2 Å². The summed E-state index contributed by atoms with van der Waals surface area (Å²) in [5.74, 6) is 0. The van der Waals surface area contributed by atoms with Gasteiger partial charge in [-0.3, -0.25) is 4.79 Å². The Labute approximate surface area is 66.3 Å². The van der Waals surface area contributed by atoms with Crippen LogP contribution in [0.1, 0.15) is 0 Å². The Kier molecular flexibility index (Phi) is 3.22. The molecule has 3 nitrogen and oxygen atoms in total. The minimum atomic E-state index is -4.23. The van der Waals surface area contributed by atoms with Gasteiger partial charge in [0.15, 0.2) is 4.84 Å². The van der Waals surface area contributed by atoms with E-state index in [1.165, 1.54) is 0 Å². The zero-order valence-corrected chi connectivity index (χ0v) is 6.93. The first kappa shape index (κ1) is 9.49. The van der Waals surface area contributed by atoms with Crippen molar-refractivity contribution in [3.05, 3.63) is 0 Å². The van der Waals surface area contributed by atoms with Crippen LogP contribution in [0, 0.1) is 0 Å². The minimum Gasteiger partial charge on any atom is -0.277 e. The molecule has 7 heteroatoms. The van der Waals surface area contributed by atoms with Gasteiger partial charge in [0.05, 0.1) is 0 Å². The molecule has 0 saturated carbocycles. The van der Waals surface area contributed by atoms with Crippen molar-refractivity contribution in [2.75, 3.05) is 0 Å². The van der Waals surface area contributed by atoms with E-state index in [0.29, 0.717) is 0 Å². The van der Waals surface area contributed by atoms with E-state index in [-0.39, 0.29) is 0 Å². The van der Waals surface area contributed by atoms with Gasteiger partial charge in [0.2, 0.25) is 0 Å². The molecule has 54 valence electrons. The highest BCUT2D eigenvalue weighted by Gasteiger charge is 2.25. The molecule has 0 aliphatic rings. The predicted octanol–water partition coefficient (Wildman–Crippen LogP) is 0.885. The molecule has 0 aliphatic carbocycles. The molecule has 0 saturated heterocycles. The predicted molar refractivity (Wildman–Crippen MR) is 35.3 cm³/mol. The lowest BCUT2D eigenvalue weighted by molar-refractivity contribution is -0.110. The van der Waals surface area contributed by atoms with Gasteiger partial charge < -0.3 is 0 Å². The number of carbonyl (C=O) groups is 1. The van der Waals surface area contributed by atoms with E-state index in [2.05, 4.69) is 10.7 Å². The number of hydrogen-bond acceptors (Lipinski definition) is 3. The third-order valence-electron chi connectivity index (χ3n) is 0.418. The van der Waals surface area contributed by atoms with Crippen molar-refractivity contribution in [3.63, 3.8) is 0 Å². The summed E-state index contributed by atoms with van der Waals surface area (Å²) in [6.45, 7) is 0. The highest BCUT2D eigenvalue weighted by Crippen LogP contribution is 2.10. The third-order valence-corrected chi connectivity index (χ3v) is 2.25. The van der Waals surface area contributed by atoms with Gasteiger partial charge in [-0.25, -0.2) is 8.42 Å². The molecule has 0 atom stereocenters. The molecule has 0 aromatic heterocycles. The molecule has 0 fully saturated rings. The molecule has 0 aromatic rings. The zero-order chi connectivity index (χ0) is 7.65. The van der Waals surface area contributed by atoms with E-state index in [1.54, 1.807) is 0 Å². The van der Waals surface area contributed by atoms with Crippen LogP contribution in [-0.4, -0.2) is 18.4 Å². The van der Waals surface area contributed by atoms with Crippen LogP contribution in [0.15, 0.2) is 0 Å². The highest BCUT2D eigenvalue weighted by atomic mass is 35.7. The lowest BCUT2D eigenvalue weighted by atomic mass is 10.9. The molecule has 0 aromatic carbocycles. The Morgan fingerprint density at radius 3 is 1.67 bits per heavy atom. The first-order valence-corrected chi connectivity index (χ1v) is 4.80. The molecule has 0 rings (SSSR count). The summed E-state index contributed by atoms with van der Waals surface area (Å²) in [5.41, 5.74) is 0. The number of alkyl halides is 2. The second-order valence-corrected chi connectivity index (χ2v) is 4.65. The van der Waals surface area contributed by atoms with Gasteiger partial charge in [-0.2, -0.15) is 0 Å².